The number of aromatic amines is 1. The number of thiophene rings is 1. The average molecular weight is 328 g/mol. The van der Waals surface area contributed by atoms with Crippen molar-refractivity contribution in [3.63, 3.8) is 0 Å². The zero-order chi connectivity index (χ0) is 16.6. The first-order chi connectivity index (χ1) is 11.0. The van der Waals surface area contributed by atoms with E-state index in [1.807, 2.05) is 38.1 Å². The lowest BCUT2D eigenvalue weighted by Crippen LogP contribution is -2.14. The minimum absolute atomic E-state index is 0.256. The first-order valence-corrected chi connectivity index (χ1v) is 7.90. The van der Waals surface area contributed by atoms with Crippen LogP contribution in [0.25, 0.3) is 10.9 Å². The SMILES string of the molecule is COC(=O)c1c(NC(=O)c2c[nH]c3ccccc23)sc(C)c1C. The van der Waals surface area contributed by atoms with E-state index >= 15 is 0 Å². The number of carbonyl (C=O) groups is 2. The quantitative estimate of drug-likeness (QED) is 0.717. The lowest BCUT2D eigenvalue weighted by Gasteiger charge is -2.05. The topological polar surface area (TPSA) is 71.2 Å². The molecular formula is C17H16N2O3S. The van der Waals surface area contributed by atoms with Crippen molar-refractivity contribution in [1.29, 1.82) is 0 Å². The molecule has 0 atom stereocenters. The highest BCUT2D eigenvalue weighted by Gasteiger charge is 2.22. The number of anilines is 1. The van der Waals surface area contributed by atoms with E-state index in [0.717, 1.165) is 21.3 Å². The van der Waals surface area contributed by atoms with Crippen LogP contribution in [0.4, 0.5) is 5.00 Å². The number of hydrogen-bond donors (Lipinski definition) is 2. The van der Waals surface area contributed by atoms with Gasteiger partial charge in [-0.3, -0.25) is 4.79 Å². The number of carbonyl (C=O) groups excluding carboxylic acids is 2. The van der Waals surface area contributed by atoms with Crippen molar-refractivity contribution in [3.05, 3.63) is 52.0 Å². The number of aryl methyl sites for hydroxylation is 1. The van der Waals surface area contributed by atoms with Crippen molar-refractivity contribution in [2.75, 3.05) is 12.4 Å². The Morgan fingerprint density at radius 3 is 2.70 bits per heavy atom. The van der Waals surface area contributed by atoms with Gasteiger partial charge in [-0.25, -0.2) is 4.79 Å². The fourth-order valence-electron chi connectivity index (χ4n) is 2.49. The van der Waals surface area contributed by atoms with E-state index in [-0.39, 0.29) is 5.91 Å². The maximum Gasteiger partial charge on any atom is 0.341 e. The van der Waals surface area contributed by atoms with E-state index in [0.29, 0.717) is 16.1 Å². The molecule has 0 saturated carbocycles. The number of aromatic nitrogens is 1. The van der Waals surface area contributed by atoms with Crippen molar-refractivity contribution in [2.45, 2.75) is 13.8 Å². The van der Waals surface area contributed by atoms with Crippen molar-refractivity contribution in [3.8, 4) is 0 Å². The van der Waals surface area contributed by atoms with Gasteiger partial charge in [-0.2, -0.15) is 0 Å². The molecule has 0 fully saturated rings. The fraction of sp³-hybridized carbons (Fsp3) is 0.176. The predicted octanol–water partition coefficient (Wildman–Crippen LogP) is 3.89. The van der Waals surface area contributed by atoms with Gasteiger partial charge >= 0.3 is 5.97 Å². The first kappa shape index (κ1) is 15.3. The molecule has 2 aromatic heterocycles. The molecule has 5 nitrogen and oxygen atoms in total. The van der Waals surface area contributed by atoms with Crippen LogP contribution in [0.3, 0.4) is 0 Å². The van der Waals surface area contributed by atoms with Crippen LogP contribution in [0.15, 0.2) is 30.5 Å². The molecular weight excluding hydrogens is 312 g/mol. The summed E-state index contributed by atoms with van der Waals surface area (Å²) in [7, 11) is 1.33. The number of benzene rings is 1. The average Bonchev–Trinajstić information content (AvgIpc) is 3.09. The Morgan fingerprint density at radius 1 is 1.22 bits per heavy atom. The summed E-state index contributed by atoms with van der Waals surface area (Å²) in [5, 5.41) is 4.20. The summed E-state index contributed by atoms with van der Waals surface area (Å²) in [6, 6.07) is 7.58. The molecule has 0 aliphatic rings. The highest BCUT2D eigenvalue weighted by molar-refractivity contribution is 7.16. The Bertz CT molecular complexity index is 908. The summed E-state index contributed by atoms with van der Waals surface area (Å²) in [6.45, 7) is 3.76. The molecule has 0 bridgehead atoms. The Hall–Kier alpha value is -2.60. The van der Waals surface area contributed by atoms with Gasteiger partial charge in [0.15, 0.2) is 0 Å². The number of nitrogens with one attached hydrogen (secondary N) is 2. The number of methoxy groups -OCH3 is 1. The molecule has 2 N–H and O–H groups in total. The van der Waals surface area contributed by atoms with Gasteiger partial charge in [-0.05, 0) is 25.5 Å². The second-order valence-corrected chi connectivity index (χ2v) is 6.41. The molecule has 6 heteroatoms. The van der Waals surface area contributed by atoms with Gasteiger partial charge in [0.2, 0.25) is 0 Å². The van der Waals surface area contributed by atoms with Crippen molar-refractivity contribution >= 4 is 39.1 Å². The van der Waals surface area contributed by atoms with Crippen LogP contribution in [0.5, 0.6) is 0 Å². The molecule has 23 heavy (non-hydrogen) atoms. The zero-order valence-electron chi connectivity index (χ0n) is 13.0. The third-order valence-electron chi connectivity index (χ3n) is 3.84. The van der Waals surface area contributed by atoms with Crippen molar-refractivity contribution in [2.24, 2.45) is 0 Å². The molecule has 118 valence electrons. The number of amides is 1. The molecule has 0 spiro atoms. The molecule has 0 unspecified atom stereocenters. The van der Waals surface area contributed by atoms with E-state index < -0.39 is 5.97 Å². The summed E-state index contributed by atoms with van der Waals surface area (Å²) in [4.78, 5) is 28.6. The van der Waals surface area contributed by atoms with E-state index in [2.05, 4.69) is 10.3 Å². The van der Waals surface area contributed by atoms with E-state index in [1.54, 1.807) is 6.20 Å². The van der Waals surface area contributed by atoms with Crippen LogP contribution in [0.1, 0.15) is 31.2 Å². The summed E-state index contributed by atoms with van der Waals surface area (Å²) in [5.41, 5.74) is 2.68. The molecule has 1 aromatic carbocycles. The van der Waals surface area contributed by atoms with E-state index in [4.69, 9.17) is 4.74 Å². The molecule has 0 radical (unpaired) electrons. The number of hydrogen-bond acceptors (Lipinski definition) is 4. The first-order valence-electron chi connectivity index (χ1n) is 7.08. The largest absolute Gasteiger partial charge is 0.465 e. The molecule has 0 saturated heterocycles. The molecule has 3 rings (SSSR count). The Kier molecular flexibility index (Phi) is 3.92. The number of ether oxygens (including phenoxy) is 1. The number of rotatable bonds is 3. The van der Waals surface area contributed by atoms with Gasteiger partial charge < -0.3 is 15.0 Å². The zero-order valence-corrected chi connectivity index (χ0v) is 13.8. The molecule has 1 amide bonds. The number of para-hydroxylation sites is 1. The van der Waals surface area contributed by atoms with Gasteiger partial charge in [-0.1, -0.05) is 18.2 Å². The maximum atomic E-state index is 12.6. The molecule has 3 aromatic rings. The number of fused-ring (bicyclic) bond motifs is 1. The van der Waals surface area contributed by atoms with Crippen LogP contribution < -0.4 is 5.32 Å². The molecule has 0 aliphatic heterocycles. The maximum absolute atomic E-state index is 12.6. The molecule has 0 aliphatic carbocycles. The van der Waals surface area contributed by atoms with E-state index in [9.17, 15) is 9.59 Å². The molecule has 2 heterocycles. The summed E-state index contributed by atoms with van der Waals surface area (Å²) in [5.74, 6) is -0.699. The Labute approximate surface area is 137 Å². The summed E-state index contributed by atoms with van der Waals surface area (Å²) >= 11 is 1.37. The predicted molar refractivity (Wildman–Crippen MR) is 91.4 cm³/mol. The van der Waals surface area contributed by atoms with Crippen LogP contribution in [-0.4, -0.2) is 24.0 Å². The van der Waals surface area contributed by atoms with Crippen LogP contribution in [0.2, 0.25) is 0 Å². The second kappa shape index (κ2) is 5.89. The lowest BCUT2D eigenvalue weighted by molar-refractivity contribution is 0.0601. The second-order valence-electron chi connectivity index (χ2n) is 5.18. The van der Waals surface area contributed by atoms with Gasteiger partial charge in [0.05, 0.1) is 18.2 Å². The minimum atomic E-state index is -0.443. The minimum Gasteiger partial charge on any atom is -0.465 e. The number of esters is 1. The van der Waals surface area contributed by atoms with Gasteiger partial charge in [0, 0.05) is 22.0 Å². The Balaban J connectivity index is 1.98. The van der Waals surface area contributed by atoms with Crippen molar-refractivity contribution < 1.29 is 14.3 Å². The monoisotopic (exact) mass is 328 g/mol. The standard InChI is InChI=1S/C17H16N2O3S/c1-9-10(2)23-16(14(9)17(21)22-3)19-15(20)12-8-18-13-7-5-4-6-11(12)13/h4-8,18H,1-3H3,(H,19,20). The lowest BCUT2D eigenvalue weighted by atomic mass is 10.1. The van der Waals surface area contributed by atoms with Crippen LogP contribution in [-0.2, 0) is 4.74 Å². The fourth-order valence-corrected chi connectivity index (χ4v) is 3.54. The highest BCUT2D eigenvalue weighted by atomic mass is 32.1. The van der Waals surface area contributed by atoms with Crippen LogP contribution >= 0.6 is 11.3 Å². The van der Waals surface area contributed by atoms with Gasteiger partial charge in [0.1, 0.15) is 5.00 Å². The Morgan fingerprint density at radius 2 is 1.96 bits per heavy atom. The van der Waals surface area contributed by atoms with Gasteiger partial charge in [0.25, 0.3) is 5.91 Å². The normalized spacial score (nSPS) is 10.7. The highest BCUT2D eigenvalue weighted by Crippen LogP contribution is 2.33. The van der Waals surface area contributed by atoms with Crippen LogP contribution in [0, 0.1) is 13.8 Å². The van der Waals surface area contributed by atoms with Crippen molar-refractivity contribution in [1.82, 2.24) is 4.98 Å². The van der Waals surface area contributed by atoms with E-state index in [1.165, 1.54) is 18.4 Å². The smallest absolute Gasteiger partial charge is 0.341 e. The summed E-state index contributed by atoms with van der Waals surface area (Å²) in [6.07, 6.45) is 1.67. The summed E-state index contributed by atoms with van der Waals surface area (Å²) < 4.78 is 4.82. The number of H-pyrrole nitrogens is 1. The third-order valence-corrected chi connectivity index (χ3v) is 4.96. The van der Waals surface area contributed by atoms with Gasteiger partial charge in [-0.15, -0.1) is 11.3 Å². The third kappa shape index (κ3) is 2.61.